The quantitative estimate of drug-likeness (QED) is 0.702. The molecule has 1 aliphatic heterocycles. The number of nitrogens with zero attached hydrogens (tertiary/aromatic N) is 2. The van der Waals surface area contributed by atoms with Gasteiger partial charge in [-0.05, 0) is 29.8 Å². The smallest absolute Gasteiger partial charge is 0.260 e. The molecule has 2 aromatic carbocycles. The summed E-state index contributed by atoms with van der Waals surface area (Å²) in [6.45, 7) is 3.12. The van der Waals surface area contributed by atoms with Gasteiger partial charge >= 0.3 is 0 Å². The van der Waals surface area contributed by atoms with Crippen LogP contribution in [0.15, 0.2) is 36.4 Å². The van der Waals surface area contributed by atoms with Crippen LogP contribution in [0.25, 0.3) is 0 Å². The van der Waals surface area contributed by atoms with Gasteiger partial charge in [-0.2, -0.15) is 0 Å². The van der Waals surface area contributed by atoms with Gasteiger partial charge in [0, 0.05) is 43.8 Å². The van der Waals surface area contributed by atoms with Gasteiger partial charge in [-0.25, -0.2) is 4.39 Å². The van der Waals surface area contributed by atoms with E-state index in [9.17, 15) is 9.18 Å². The third-order valence-electron chi connectivity index (χ3n) is 4.59. The van der Waals surface area contributed by atoms with E-state index >= 15 is 0 Å². The van der Waals surface area contributed by atoms with Gasteiger partial charge in [-0.1, -0.05) is 29.3 Å². The zero-order valence-electron chi connectivity index (χ0n) is 15.5. The average Bonchev–Trinajstić information content (AvgIpc) is 2.69. The molecule has 28 heavy (non-hydrogen) atoms. The molecule has 2 aromatic rings. The second-order valence-electron chi connectivity index (χ2n) is 6.49. The molecule has 3 rings (SSSR count). The van der Waals surface area contributed by atoms with Crippen molar-refractivity contribution in [3.63, 3.8) is 0 Å². The third kappa shape index (κ3) is 5.28. The SMILES string of the molecule is COc1ccc(CN2CCN(C(=O)COc3cc(Cl)ccc3Cl)CC2)cc1F. The summed E-state index contributed by atoms with van der Waals surface area (Å²) in [5.74, 6) is 0.151. The Hall–Kier alpha value is -2.02. The van der Waals surface area contributed by atoms with Gasteiger partial charge in [0.15, 0.2) is 18.2 Å². The number of piperazine rings is 1. The Morgan fingerprint density at radius 2 is 1.82 bits per heavy atom. The first-order valence-corrected chi connectivity index (χ1v) is 9.62. The normalized spacial score (nSPS) is 14.8. The molecule has 0 aliphatic carbocycles. The van der Waals surface area contributed by atoms with E-state index in [2.05, 4.69) is 4.90 Å². The fourth-order valence-corrected chi connectivity index (χ4v) is 3.37. The summed E-state index contributed by atoms with van der Waals surface area (Å²) in [5, 5.41) is 0.907. The number of rotatable bonds is 6. The van der Waals surface area contributed by atoms with Crippen molar-refractivity contribution in [2.45, 2.75) is 6.54 Å². The van der Waals surface area contributed by atoms with Crippen LogP contribution >= 0.6 is 23.2 Å². The predicted molar refractivity (Wildman–Crippen MR) is 107 cm³/mol. The number of amides is 1. The van der Waals surface area contributed by atoms with Crippen LogP contribution in [0.5, 0.6) is 11.5 Å². The summed E-state index contributed by atoms with van der Waals surface area (Å²) >= 11 is 12.0. The van der Waals surface area contributed by atoms with Crippen molar-refractivity contribution in [2.75, 3.05) is 39.9 Å². The van der Waals surface area contributed by atoms with Crippen molar-refractivity contribution in [2.24, 2.45) is 0 Å². The molecule has 1 heterocycles. The van der Waals surface area contributed by atoms with Gasteiger partial charge in [-0.15, -0.1) is 0 Å². The number of ether oxygens (including phenoxy) is 2. The summed E-state index contributed by atoms with van der Waals surface area (Å²) in [6, 6.07) is 9.84. The highest BCUT2D eigenvalue weighted by atomic mass is 35.5. The van der Waals surface area contributed by atoms with Crippen LogP contribution in [0, 0.1) is 5.82 Å². The molecular weight excluding hydrogens is 406 g/mol. The maximum absolute atomic E-state index is 13.8. The summed E-state index contributed by atoms with van der Waals surface area (Å²) in [4.78, 5) is 16.3. The number of carbonyl (C=O) groups is 1. The van der Waals surface area contributed by atoms with Crippen molar-refractivity contribution >= 4 is 29.1 Å². The maximum atomic E-state index is 13.8. The van der Waals surface area contributed by atoms with Crippen LogP contribution in [-0.2, 0) is 11.3 Å². The van der Waals surface area contributed by atoms with Gasteiger partial charge in [0.05, 0.1) is 12.1 Å². The minimum atomic E-state index is -0.370. The lowest BCUT2D eigenvalue weighted by Gasteiger charge is -2.34. The first-order chi connectivity index (χ1) is 13.5. The molecular formula is C20H21Cl2FN2O3. The largest absolute Gasteiger partial charge is 0.494 e. The van der Waals surface area contributed by atoms with Gasteiger partial charge in [0.1, 0.15) is 5.75 Å². The molecule has 0 bridgehead atoms. The second kappa shape index (κ2) is 9.45. The van der Waals surface area contributed by atoms with Gasteiger partial charge in [0.2, 0.25) is 0 Å². The van der Waals surface area contributed by atoms with Crippen LogP contribution in [0.4, 0.5) is 4.39 Å². The summed E-state index contributed by atoms with van der Waals surface area (Å²) in [5.41, 5.74) is 0.872. The van der Waals surface area contributed by atoms with E-state index in [-0.39, 0.29) is 24.1 Å². The number of benzene rings is 2. The number of hydrogen-bond acceptors (Lipinski definition) is 4. The first kappa shape index (κ1) is 20.7. The molecule has 1 saturated heterocycles. The zero-order valence-corrected chi connectivity index (χ0v) is 17.0. The minimum Gasteiger partial charge on any atom is -0.494 e. The number of halogens is 3. The molecule has 0 unspecified atom stereocenters. The fourth-order valence-electron chi connectivity index (χ4n) is 3.04. The van der Waals surface area contributed by atoms with Crippen molar-refractivity contribution in [3.8, 4) is 11.5 Å². The van der Waals surface area contributed by atoms with E-state index in [0.717, 1.165) is 5.56 Å². The van der Waals surface area contributed by atoms with Crippen LogP contribution in [-0.4, -0.2) is 55.6 Å². The highest BCUT2D eigenvalue weighted by Crippen LogP contribution is 2.27. The predicted octanol–water partition coefficient (Wildman–Crippen LogP) is 3.86. The van der Waals surface area contributed by atoms with Crippen molar-refractivity contribution < 1.29 is 18.7 Å². The molecule has 0 saturated carbocycles. The van der Waals surface area contributed by atoms with E-state index in [1.54, 1.807) is 29.2 Å². The lowest BCUT2D eigenvalue weighted by Crippen LogP contribution is -2.49. The van der Waals surface area contributed by atoms with E-state index in [1.807, 2.05) is 6.07 Å². The Labute approximate surface area is 173 Å². The van der Waals surface area contributed by atoms with E-state index < -0.39 is 0 Å². The van der Waals surface area contributed by atoms with E-state index in [1.165, 1.54) is 13.2 Å². The Morgan fingerprint density at radius 3 is 2.50 bits per heavy atom. The lowest BCUT2D eigenvalue weighted by atomic mass is 10.2. The molecule has 5 nitrogen and oxygen atoms in total. The van der Waals surface area contributed by atoms with Crippen LogP contribution < -0.4 is 9.47 Å². The third-order valence-corrected chi connectivity index (χ3v) is 5.14. The van der Waals surface area contributed by atoms with Crippen LogP contribution in [0.2, 0.25) is 10.0 Å². The lowest BCUT2D eigenvalue weighted by molar-refractivity contribution is -0.135. The summed E-state index contributed by atoms with van der Waals surface area (Å²) in [7, 11) is 1.44. The molecule has 1 fully saturated rings. The van der Waals surface area contributed by atoms with Crippen molar-refractivity contribution in [3.05, 3.63) is 57.8 Å². The molecule has 0 atom stereocenters. The Kier molecular flexibility index (Phi) is 6.99. The summed E-state index contributed by atoms with van der Waals surface area (Å²) < 4.78 is 24.3. The van der Waals surface area contributed by atoms with Crippen molar-refractivity contribution in [1.29, 1.82) is 0 Å². The molecule has 0 radical (unpaired) electrons. The molecule has 0 aromatic heterocycles. The zero-order chi connectivity index (χ0) is 20.1. The molecule has 1 aliphatic rings. The summed E-state index contributed by atoms with van der Waals surface area (Å²) in [6.07, 6.45) is 0. The van der Waals surface area contributed by atoms with E-state index in [4.69, 9.17) is 32.7 Å². The fraction of sp³-hybridized carbons (Fsp3) is 0.350. The highest BCUT2D eigenvalue weighted by Gasteiger charge is 2.22. The van der Waals surface area contributed by atoms with Gasteiger partial charge < -0.3 is 14.4 Å². The number of hydrogen-bond donors (Lipinski definition) is 0. The molecule has 0 spiro atoms. The standard InChI is InChI=1S/C20H21Cl2FN2O3/c1-27-18-5-2-14(10-17(18)23)12-24-6-8-25(9-7-24)20(26)13-28-19-11-15(21)3-4-16(19)22/h2-5,10-11H,6-9,12-13H2,1H3. The van der Waals surface area contributed by atoms with E-state index in [0.29, 0.717) is 48.5 Å². The minimum absolute atomic E-state index is 0.0935. The average molecular weight is 427 g/mol. The molecule has 8 heteroatoms. The van der Waals surface area contributed by atoms with Crippen molar-refractivity contribution in [1.82, 2.24) is 9.80 Å². The Balaban J connectivity index is 1.47. The molecule has 150 valence electrons. The Morgan fingerprint density at radius 1 is 1.07 bits per heavy atom. The van der Waals surface area contributed by atoms with Gasteiger partial charge in [-0.3, -0.25) is 9.69 Å². The number of methoxy groups -OCH3 is 1. The molecule has 1 amide bonds. The number of carbonyl (C=O) groups excluding carboxylic acids is 1. The van der Waals surface area contributed by atoms with Crippen LogP contribution in [0.3, 0.4) is 0 Å². The second-order valence-corrected chi connectivity index (χ2v) is 7.33. The first-order valence-electron chi connectivity index (χ1n) is 8.86. The monoisotopic (exact) mass is 426 g/mol. The molecule has 0 N–H and O–H groups in total. The van der Waals surface area contributed by atoms with Crippen LogP contribution in [0.1, 0.15) is 5.56 Å². The Bertz CT molecular complexity index is 842. The topological polar surface area (TPSA) is 42.0 Å². The maximum Gasteiger partial charge on any atom is 0.260 e. The van der Waals surface area contributed by atoms with Gasteiger partial charge in [0.25, 0.3) is 5.91 Å². The highest BCUT2D eigenvalue weighted by molar-refractivity contribution is 6.34.